The Kier molecular flexibility index (Phi) is 6.61. The number of ether oxygens (including phenoxy) is 2. The van der Waals surface area contributed by atoms with Crippen molar-refractivity contribution < 1.29 is 19.1 Å². The van der Waals surface area contributed by atoms with Crippen LogP contribution in [0.1, 0.15) is 16.7 Å². The van der Waals surface area contributed by atoms with Crippen molar-refractivity contribution in [3.63, 3.8) is 0 Å². The fourth-order valence-electron chi connectivity index (χ4n) is 3.65. The summed E-state index contributed by atoms with van der Waals surface area (Å²) < 4.78 is 10.9. The number of benzene rings is 3. The fraction of sp³-hybridized carbons (Fsp3) is 0.154. The summed E-state index contributed by atoms with van der Waals surface area (Å²) in [6, 6.07) is 24.6. The minimum atomic E-state index is -0.332. The lowest BCUT2D eigenvalue weighted by Crippen LogP contribution is -2.31. The van der Waals surface area contributed by atoms with Crippen molar-refractivity contribution in [2.24, 2.45) is 0 Å². The molecule has 162 valence electrons. The minimum absolute atomic E-state index is 0.135. The number of rotatable bonds is 8. The first kappa shape index (κ1) is 21.7. The first-order valence-corrected chi connectivity index (χ1v) is 11.1. The molecule has 0 fully saturated rings. The van der Waals surface area contributed by atoms with Gasteiger partial charge in [-0.25, -0.2) is 0 Å². The number of carbonyl (C=O) groups excluding carboxylic acids is 2. The van der Waals surface area contributed by atoms with Gasteiger partial charge in [-0.05, 0) is 17.7 Å². The molecular weight excluding hydrogens is 422 g/mol. The zero-order chi connectivity index (χ0) is 22.5. The summed E-state index contributed by atoms with van der Waals surface area (Å²) in [5.74, 6) is 1.14. The second-order valence-electron chi connectivity index (χ2n) is 7.19. The number of nitrogens with zero attached hydrogens (tertiary/aromatic N) is 1. The molecule has 0 unspecified atom stereocenters. The molecule has 3 aromatic carbocycles. The Labute approximate surface area is 191 Å². The average Bonchev–Trinajstić information content (AvgIpc) is 3.07. The predicted molar refractivity (Wildman–Crippen MR) is 126 cm³/mol. The third-order valence-corrected chi connectivity index (χ3v) is 6.39. The average molecular weight is 446 g/mol. The van der Waals surface area contributed by atoms with Crippen molar-refractivity contribution in [3.8, 4) is 11.5 Å². The zero-order valence-electron chi connectivity index (χ0n) is 17.9. The number of amides is 2. The highest BCUT2D eigenvalue weighted by Crippen LogP contribution is 2.41. The van der Waals surface area contributed by atoms with Gasteiger partial charge < -0.3 is 9.47 Å². The largest absolute Gasteiger partial charge is 0.496 e. The Morgan fingerprint density at radius 2 is 1.38 bits per heavy atom. The van der Waals surface area contributed by atoms with Crippen molar-refractivity contribution in [2.45, 2.75) is 12.3 Å². The maximum Gasteiger partial charge on any atom is 0.268 e. The lowest BCUT2D eigenvalue weighted by molar-refractivity contribution is -0.137. The summed E-state index contributed by atoms with van der Waals surface area (Å²) in [4.78, 5) is 28.7. The highest BCUT2D eigenvalue weighted by Gasteiger charge is 2.40. The molecular formula is C26H23NO4S. The molecule has 0 saturated carbocycles. The highest BCUT2D eigenvalue weighted by atomic mass is 32.2. The van der Waals surface area contributed by atoms with Crippen LogP contribution in [0.15, 0.2) is 83.8 Å². The molecule has 0 radical (unpaired) electrons. The molecule has 6 heteroatoms. The summed E-state index contributed by atoms with van der Waals surface area (Å²) >= 11 is 1.38. The van der Waals surface area contributed by atoms with Crippen molar-refractivity contribution in [1.82, 2.24) is 4.90 Å². The number of para-hydroxylation sites is 2. The molecule has 4 rings (SSSR count). The Balaban J connectivity index is 1.72. The molecule has 1 aliphatic rings. The highest BCUT2D eigenvalue weighted by molar-refractivity contribution is 8.03. The first-order chi connectivity index (χ1) is 15.6. The van der Waals surface area contributed by atoms with Crippen molar-refractivity contribution in [2.75, 3.05) is 14.2 Å². The number of thioether (sulfide) groups is 1. The van der Waals surface area contributed by atoms with E-state index in [0.717, 1.165) is 11.1 Å². The van der Waals surface area contributed by atoms with Gasteiger partial charge in [-0.3, -0.25) is 14.5 Å². The third-order valence-electron chi connectivity index (χ3n) is 5.25. The van der Waals surface area contributed by atoms with Gasteiger partial charge in [0.2, 0.25) is 0 Å². The topological polar surface area (TPSA) is 55.8 Å². The summed E-state index contributed by atoms with van der Waals surface area (Å²) in [6.45, 7) is 0.135. The van der Waals surface area contributed by atoms with Crippen molar-refractivity contribution >= 4 is 29.1 Å². The van der Waals surface area contributed by atoms with Crippen LogP contribution in [0.2, 0.25) is 0 Å². The van der Waals surface area contributed by atoms with Crippen LogP contribution >= 0.6 is 11.8 Å². The van der Waals surface area contributed by atoms with E-state index in [9.17, 15) is 9.59 Å². The van der Waals surface area contributed by atoms with E-state index in [1.54, 1.807) is 20.3 Å². The first-order valence-electron chi connectivity index (χ1n) is 10.2. The van der Waals surface area contributed by atoms with Gasteiger partial charge in [0.05, 0.1) is 31.2 Å². The summed E-state index contributed by atoms with van der Waals surface area (Å²) in [6.07, 6.45) is 0. The maximum atomic E-state index is 13.5. The van der Waals surface area contributed by atoms with Crippen LogP contribution in [0, 0.1) is 0 Å². The van der Waals surface area contributed by atoms with E-state index in [0.29, 0.717) is 33.3 Å². The molecule has 0 saturated heterocycles. The monoisotopic (exact) mass is 445 g/mol. The van der Waals surface area contributed by atoms with E-state index in [1.165, 1.54) is 16.7 Å². The van der Waals surface area contributed by atoms with Gasteiger partial charge in [0.25, 0.3) is 11.8 Å². The number of hydrogen-bond donors (Lipinski definition) is 0. The summed E-state index contributed by atoms with van der Waals surface area (Å²) in [5.41, 5.74) is 2.84. The van der Waals surface area contributed by atoms with Gasteiger partial charge in [-0.15, -0.1) is 11.8 Å². The maximum absolute atomic E-state index is 13.5. The van der Waals surface area contributed by atoms with E-state index in [2.05, 4.69) is 0 Å². The van der Waals surface area contributed by atoms with Gasteiger partial charge in [-0.2, -0.15) is 0 Å². The second kappa shape index (κ2) is 9.75. The Bertz CT molecular complexity index is 1170. The number of carbonyl (C=O) groups is 2. The molecule has 0 spiro atoms. The normalized spacial score (nSPS) is 13.6. The lowest BCUT2D eigenvalue weighted by Gasteiger charge is -2.17. The van der Waals surface area contributed by atoms with E-state index in [-0.39, 0.29) is 18.4 Å². The Hall–Kier alpha value is -3.51. The van der Waals surface area contributed by atoms with E-state index >= 15 is 0 Å². The minimum Gasteiger partial charge on any atom is -0.496 e. The number of imide groups is 1. The van der Waals surface area contributed by atoms with Gasteiger partial charge in [0, 0.05) is 16.9 Å². The van der Waals surface area contributed by atoms with E-state index < -0.39 is 0 Å². The van der Waals surface area contributed by atoms with Crippen LogP contribution in [-0.4, -0.2) is 30.9 Å². The van der Waals surface area contributed by atoms with Crippen LogP contribution in [0.25, 0.3) is 5.57 Å². The molecule has 0 bridgehead atoms. The van der Waals surface area contributed by atoms with E-state index in [4.69, 9.17) is 9.47 Å². The molecule has 1 heterocycles. The number of hydrogen-bond acceptors (Lipinski definition) is 5. The Morgan fingerprint density at radius 3 is 2.09 bits per heavy atom. The van der Waals surface area contributed by atoms with Crippen LogP contribution in [0.3, 0.4) is 0 Å². The molecule has 3 aromatic rings. The molecule has 5 nitrogen and oxygen atoms in total. The van der Waals surface area contributed by atoms with Gasteiger partial charge in [-0.1, -0.05) is 66.7 Å². The fourth-order valence-corrected chi connectivity index (χ4v) is 4.73. The van der Waals surface area contributed by atoms with Crippen LogP contribution in [0.5, 0.6) is 11.5 Å². The van der Waals surface area contributed by atoms with Gasteiger partial charge in [0.15, 0.2) is 0 Å². The van der Waals surface area contributed by atoms with Gasteiger partial charge >= 0.3 is 0 Å². The Morgan fingerprint density at radius 1 is 0.750 bits per heavy atom. The predicted octanol–water partition coefficient (Wildman–Crippen LogP) is 4.92. The molecule has 0 aromatic heterocycles. The smallest absolute Gasteiger partial charge is 0.268 e. The van der Waals surface area contributed by atoms with Crippen LogP contribution in [0.4, 0.5) is 0 Å². The number of methoxy groups -OCH3 is 2. The molecule has 0 atom stereocenters. The quantitative estimate of drug-likeness (QED) is 0.461. The molecule has 2 amide bonds. The summed E-state index contributed by atoms with van der Waals surface area (Å²) in [7, 11) is 3.14. The van der Waals surface area contributed by atoms with Gasteiger partial charge in [0.1, 0.15) is 11.5 Å². The molecule has 32 heavy (non-hydrogen) atoms. The summed E-state index contributed by atoms with van der Waals surface area (Å²) in [5, 5.41) is 0. The molecule has 0 N–H and O–H groups in total. The second-order valence-corrected chi connectivity index (χ2v) is 8.17. The molecule has 0 aliphatic carbocycles. The van der Waals surface area contributed by atoms with Crippen molar-refractivity contribution in [3.05, 3.63) is 100 Å². The van der Waals surface area contributed by atoms with Crippen LogP contribution in [-0.2, 0) is 21.9 Å². The third kappa shape index (κ3) is 4.27. The van der Waals surface area contributed by atoms with Crippen LogP contribution < -0.4 is 9.47 Å². The van der Waals surface area contributed by atoms with E-state index in [1.807, 2.05) is 72.8 Å². The standard InChI is InChI=1S/C26H23NO4S/c1-30-21-14-8-6-12-19(21)16-27-25(28)23(20-13-7-9-15-22(20)31-2)24(26(27)29)32-17-18-10-4-3-5-11-18/h3-15H,16-17H2,1-2H3. The molecule has 1 aliphatic heterocycles. The SMILES string of the molecule is COc1ccccc1CN1C(=O)C(SCc2ccccc2)=C(c2ccccc2OC)C1=O. The zero-order valence-corrected chi connectivity index (χ0v) is 18.7. The van der Waals surface area contributed by atoms with Crippen molar-refractivity contribution in [1.29, 1.82) is 0 Å². The lowest BCUT2D eigenvalue weighted by atomic mass is 10.0.